The van der Waals surface area contributed by atoms with Gasteiger partial charge < -0.3 is 4.57 Å². The Kier molecular flexibility index (Phi) is 6.76. The molecule has 2 aromatic carbocycles. The molecule has 8 nitrogen and oxygen atoms in total. The Morgan fingerprint density at radius 1 is 1.03 bits per heavy atom. The lowest BCUT2D eigenvalue weighted by Crippen LogP contribution is -2.17. The number of imidazole rings is 1. The van der Waals surface area contributed by atoms with Crippen molar-refractivity contribution in [1.82, 2.24) is 29.3 Å². The molecule has 37 heavy (non-hydrogen) atoms. The van der Waals surface area contributed by atoms with E-state index in [4.69, 9.17) is 0 Å². The monoisotopic (exact) mass is 519 g/mol. The number of amides is 1. The highest BCUT2D eigenvalue weighted by Gasteiger charge is 2.28. The van der Waals surface area contributed by atoms with Crippen LogP contribution in [0.2, 0.25) is 0 Å². The minimum Gasteiger partial charge on any atom is -0.326 e. The lowest BCUT2D eigenvalue weighted by molar-refractivity contribution is 0.102. The van der Waals surface area contributed by atoms with Crippen molar-refractivity contribution in [3.63, 3.8) is 0 Å². The fraction of sp³-hybridized carbons (Fsp3) is 0.192. The van der Waals surface area contributed by atoms with Gasteiger partial charge in [0.1, 0.15) is 18.0 Å². The number of nitrogens with zero attached hydrogens (tertiary/aromatic N) is 6. The van der Waals surface area contributed by atoms with Crippen LogP contribution in [0.1, 0.15) is 47.1 Å². The minimum absolute atomic E-state index is 0.0627. The third kappa shape index (κ3) is 4.60. The van der Waals surface area contributed by atoms with Crippen LogP contribution in [-0.2, 0) is 13.1 Å². The van der Waals surface area contributed by atoms with E-state index in [1.165, 1.54) is 18.5 Å². The number of fused-ring (bicyclic) bond motifs is 1. The molecule has 5 aromatic rings. The van der Waals surface area contributed by atoms with Gasteiger partial charge in [-0.25, -0.2) is 14.4 Å². The van der Waals surface area contributed by atoms with Gasteiger partial charge in [0.15, 0.2) is 5.65 Å². The first-order chi connectivity index (χ1) is 17.9. The number of halogens is 2. The van der Waals surface area contributed by atoms with E-state index in [-0.39, 0.29) is 23.0 Å². The molecular weight excluding hydrogens is 495 g/mol. The summed E-state index contributed by atoms with van der Waals surface area (Å²) in [6.45, 7) is 4.80. The van der Waals surface area contributed by atoms with Gasteiger partial charge in [0.25, 0.3) is 5.91 Å². The molecule has 0 bridgehead atoms. The van der Waals surface area contributed by atoms with Crippen LogP contribution >= 0.6 is 9.24 Å². The van der Waals surface area contributed by atoms with Gasteiger partial charge in [-0.1, -0.05) is 42.5 Å². The second-order valence-electron chi connectivity index (χ2n) is 8.35. The highest BCUT2D eigenvalue weighted by molar-refractivity contribution is 7.27. The predicted octanol–water partition coefficient (Wildman–Crippen LogP) is 4.27. The molecule has 0 radical (unpaired) electrons. The van der Waals surface area contributed by atoms with E-state index < -0.39 is 17.8 Å². The molecule has 0 aliphatic carbocycles. The van der Waals surface area contributed by atoms with Crippen LogP contribution < -0.4 is 10.6 Å². The first-order valence-electron chi connectivity index (χ1n) is 11.8. The number of aryl methyl sites for hydroxylation is 2. The van der Waals surface area contributed by atoms with Crippen LogP contribution in [0.4, 0.5) is 14.7 Å². The number of rotatable bonds is 7. The van der Waals surface area contributed by atoms with Crippen molar-refractivity contribution in [1.29, 1.82) is 0 Å². The van der Waals surface area contributed by atoms with E-state index >= 15 is 8.78 Å². The Morgan fingerprint density at radius 3 is 2.43 bits per heavy atom. The van der Waals surface area contributed by atoms with Crippen molar-refractivity contribution < 1.29 is 13.6 Å². The number of anilines is 1. The molecule has 2 atom stereocenters. The molecule has 188 valence electrons. The number of aromatic nitrogens is 6. The van der Waals surface area contributed by atoms with Gasteiger partial charge in [-0.2, -0.15) is 9.37 Å². The smallest absolute Gasteiger partial charge is 0.262 e. The summed E-state index contributed by atoms with van der Waals surface area (Å²) in [5.41, 5.74) is 1.58. The third-order valence-corrected chi connectivity index (χ3v) is 6.68. The summed E-state index contributed by atoms with van der Waals surface area (Å²) in [7, 11) is 2.68. The van der Waals surface area contributed by atoms with Crippen LogP contribution in [-0.4, -0.2) is 35.2 Å². The van der Waals surface area contributed by atoms with Gasteiger partial charge in [-0.15, -0.1) is 14.3 Å². The maximum Gasteiger partial charge on any atom is 0.262 e. The van der Waals surface area contributed by atoms with Crippen LogP contribution in [0, 0.1) is 11.8 Å². The van der Waals surface area contributed by atoms with Crippen molar-refractivity contribution in [2.24, 2.45) is 0 Å². The van der Waals surface area contributed by atoms with Gasteiger partial charge in [0.2, 0.25) is 11.9 Å². The first-order valence-corrected chi connectivity index (χ1v) is 12.3. The molecule has 3 aromatic heterocycles. The normalized spacial score (nSPS) is 12.1. The summed E-state index contributed by atoms with van der Waals surface area (Å²) in [5, 5.41) is 7.49. The standard InChI is InChI=1S/C26H24F2N7OP/c1-3-34-14-29-26(33-34)32-25(36)17-13-19-23(30-22(17)28)31-24(35(19)4-2)21(15-9-5-7-11-18(15)27)16-10-6-8-12-20(16)37/h5-14,21H,3-4,37H2,1-2H3,(H,32,33,36). The van der Waals surface area contributed by atoms with Gasteiger partial charge in [0, 0.05) is 18.7 Å². The summed E-state index contributed by atoms with van der Waals surface area (Å²) in [6.07, 6.45) is 1.47. The molecule has 1 N–H and O–H groups in total. The molecule has 3 heterocycles. The fourth-order valence-electron chi connectivity index (χ4n) is 4.36. The average Bonchev–Trinajstić information content (AvgIpc) is 3.49. The molecule has 0 saturated heterocycles. The quantitative estimate of drug-likeness (QED) is 0.256. The topological polar surface area (TPSA) is 90.5 Å². The van der Waals surface area contributed by atoms with Gasteiger partial charge in [-0.3, -0.25) is 14.8 Å². The van der Waals surface area contributed by atoms with Crippen LogP contribution in [0.25, 0.3) is 11.2 Å². The van der Waals surface area contributed by atoms with E-state index in [0.29, 0.717) is 30.0 Å². The SMILES string of the molecule is CCn1cnc(NC(=O)c2cc3c(nc2F)nc(C(c2ccccc2F)c2ccccc2P)n3CC)n1. The summed E-state index contributed by atoms with van der Waals surface area (Å²) in [5.74, 6) is -2.12. The number of carbonyl (C=O) groups is 1. The Balaban J connectivity index is 1.65. The van der Waals surface area contributed by atoms with Crippen LogP contribution in [0.5, 0.6) is 0 Å². The lowest BCUT2D eigenvalue weighted by Gasteiger charge is -2.21. The molecule has 0 saturated carbocycles. The fourth-order valence-corrected chi connectivity index (χ4v) is 4.73. The first kappa shape index (κ1) is 24.6. The predicted molar refractivity (Wildman–Crippen MR) is 140 cm³/mol. The van der Waals surface area contributed by atoms with Crippen molar-refractivity contribution >= 4 is 37.6 Å². The molecule has 0 aliphatic rings. The van der Waals surface area contributed by atoms with E-state index in [0.717, 1.165) is 10.9 Å². The molecule has 1 amide bonds. The zero-order valence-electron chi connectivity index (χ0n) is 20.2. The van der Waals surface area contributed by atoms with Crippen LogP contribution in [0.15, 0.2) is 60.9 Å². The Hall–Kier alpha value is -4.04. The van der Waals surface area contributed by atoms with Crippen molar-refractivity contribution in [3.8, 4) is 0 Å². The molecule has 5 rings (SSSR count). The molecule has 0 aliphatic heterocycles. The zero-order chi connectivity index (χ0) is 26.1. The molecule has 0 fully saturated rings. The second kappa shape index (κ2) is 10.1. The summed E-state index contributed by atoms with van der Waals surface area (Å²) < 4.78 is 33.5. The van der Waals surface area contributed by atoms with E-state index in [1.54, 1.807) is 22.9 Å². The van der Waals surface area contributed by atoms with Gasteiger partial charge in [0.05, 0.1) is 17.0 Å². The maximum absolute atomic E-state index is 15.1. The number of benzene rings is 2. The Labute approximate surface area is 214 Å². The van der Waals surface area contributed by atoms with Gasteiger partial charge in [-0.05, 0) is 36.8 Å². The second-order valence-corrected chi connectivity index (χ2v) is 8.97. The third-order valence-electron chi connectivity index (χ3n) is 6.15. The summed E-state index contributed by atoms with van der Waals surface area (Å²) in [4.78, 5) is 25.6. The molecule has 11 heteroatoms. The number of carbonyl (C=O) groups excluding carboxylic acids is 1. The lowest BCUT2D eigenvalue weighted by atomic mass is 9.90. The van der Waals surface area contributed by atoms with Crippen molar-refractivity contribution in [3.05, 3.63) is 95.2 Å². The number of hydrogen-bond acceptors (Lipinski definition) is 5. The van der Waals surface area contributed by atoms with Crippen molar-refractivity contribution in [2.45, 2.75) is 32.9 Å². The minimum atomic E-state index is -0.971. The Bertz CT molecular complexity index is 1570. The van der Waals surface area contributed by atoms with E-state index in [1.807, 2.05) is 42.7 Å². The number of nitrogens with one attached hydrogen (secondary N) is 1. The summed E-state index contributed by atoms with van der Waals surface area (Å²) >= 11 is 0. The van der Waals surface area contributed by atoms with Crippen LogP contribution in [0.3, 0.4) is 0 Å². The number of hydrogen-bond donors (Lipinski definition) is 1. The van der Waals surface area contributed by atoms with E-state index in [9.17, 15) is 4.79 Å². The highest BCUT2D eigenvalue weighted by Crippen LogP contribution is 2.35. The van der Waals surface area contributed by atoms with E-state index in [2.05, 4.69) is 34.6 Å². The molecule has 2 unspecified atom stereocenters. The average molecular weight is 519 g/mol. The highest BCUT2D eigenvalue weighted by atomic mass is 31.0. The van der Waals surface area contributed by atoms with Gasteiger partial charge >= 0.3 is 0 Å². The van der Waals surface area contributed by atoms with Crippen molar-refractivity contribution in [2.75, 3.05) is 5.32 Å². The summed E-state index contributed by atoms with van der Waals surface area (Å²) in [6, 6.07) is 15.5. The zero-order valence-corrected chi connectivity index (χ0v) is 21.3. The maximum atomic E-state index is 15.1. The number of pyridine rings is 1. The largest absolute Gasteiger partial charge is 0.326 e. The molecule has 0 spiro atoms. The Morgan fingerprint density at radius 2 is 1.76 bits per heavy atom. The molecular formula is C26H24F2N7OP.